The van der Waals surface area contributed by atoms with Crippen LogP contribution in [0.15, 0.2) is 29.4 Å². The van der Waals surface area contributed by atoms with Gasteiger partial charge in [-0.15, -0.1) is 11.3 Å². The van der Waals surface area contributed by atoms with Crippen LogP contribution in [0.25, 0.3) is 21.3 Å². The fourth-order valence-electron chi connectivity index (χ4n) is 4.17. The molecule has 2 N–H and O–H groups in total. The second kappa shape index (κ2) is 8.17. The molecule has 0 bridgehead atoms. The number of benzene rings is 1. The molecule has 4 aromatic rings. The average molecular weight is 440 g/mol. The number of thioether (sulfide) groups is 1. The summed E-state index contributed by atoms with van der Waals surface area (Å²) in [6.45, 7) is 3.72. The number of aryl methyl sites for hydroxylation is 1. The predicted octanol–water partition coefficient (Wildman–Crippen LogP) is 4.69. The highest BCUT2D eigenvalue weighted by Crippen LogP contribution is 2.39. The van der Waals surface area contributed by atoms with Gasteiger partial charge < -0.3 is 15.0 Å². The Morgan fingerprint density at radius 2 is 2.13 bits per heavy atom. The van der Waals surface area contributed by atoms with Gasteiger partial charge in [0.1, 0.15) is 16.5 Å². The van der Waals surface area contributed by atoms with Crippen LogP contribution in [0.4, 0.5) is 5.82 Å². The number of imidazole rings is 1. The van der Waals surface area contributed by atoms with Crippen molar-refractivity contribution in [1.29, 1.82) is 0 Å². The van der Waals surface area contributed by atoms with Gasteiger partial charge in [0, 0.05) is 18.5 Å². The lowest BCUT2D eigenvalue weighted by molar-refractivity contribution is 0.186. The number of nitrogen functional groups attached to an aromatic ring is 1. The standard InChI is InChI=1S/C22H25N5OS2/c1-13-7-8-14-17(11-13)30-21-19(14)20(23)25-18(26-21)12-29-22-24-15-5-3-4-6-16(15)27(22)9-10-28-2/h3-6,13H,7-12H2,1-2H3,(H2,23,25,26). The van der Waals surface area contributed by atoms with Crippen molar-refractivity contribution in [1.82, 2.24) is 19.5 Å². The second-order valence-electron chi connectivity index (χ2n) is 7.87. The largest absolute Gasteiger partial charge is 0.383 e. The molecule has 3 aromatic heterocycles. The lowest BCUT2D eigenvalue weighted by Crippen LogP contribution is -2.09. The Morgan fingerprint density at radius 3 is 3.00 bits per heavy atom. The van der Waals surface area contributed by atoms with Crippen LogP contribution in [0.2, 0.25) is 0 Å². The summed E-state index contributed by atoms with van der Waals surface area (Å²) in [6, 6.07) is 8.20. The number of aromatic nitrogens is 4. The van der Waals surface area contributed by atoms with Gasteiger partial charge in [-0.1, -0.05) is 30.8 Å². The summed E-state index contributed by atoms with van der Waals surface area (Å²) in [4.78, 5) is 16.8. The molecule has 0 fully saturated rings. The molecular weight excluding hydrogens is 414 g/mol. The maximum absolute atomic E-state index is 6.39. The zero-order chi connectivity index (χ0) is 20.7. The van der Waals surface area contributed by atoms with Crippen molar-refractivity contribution in [3.63, 3.8) is 0 Å². The van der Waals surface area contributed by atoms with E-state index < -0.39 is 0 Å². The van der Waals surface area contributed by atoms with Crippen molar-refractivity contribution < 1.29 is 4.74 Å². The van der Waals surface area contributed by atoms with Crippen molar-refractivity contribution >= 4 is 50.2 Å². The number of hydrogen-bond donors (Lipinski definition) is 1. The SMILES string of the molecule is COCCn1c(SCc2nc(N)c3c4c(sc3n2)CC(C)CC4)nc2ccccc21. The summed E-state index contributed by atoms with van der Waals surface area (Å²) in [6.07, 6.45) is 3.43. The van der Waals surface area contributed by atoms with Gasteiger partial charge in [0.25, 0.3) is 0 Å². The van der Waals surface area contributed by atoms with Gasteiger partial charge in [0.2, 0.25) is 0 Å². The zero-order valence-corrected chi connectivity index (χ0v) is 18.9. The highest BCUT2D eigenvalue weighted by atomic mass is 32.2. The fraction of sp³-hybridized carbons (Fsp3) is 0.409. The van der Waals surface area contributed by atoms with Gasteiger partial charge in [-0.25, -0.2) is 15.0 Å². The number of para-hydroxylation sites is 2. The summed E-state index contributed by atoms with van der Waals surface area (Å²) in [5.74, 6) is 2.75. The van der Waals surface area contributed by atoms with Crippen LogP contribution >= 0.6 is 23.1 Å². The third kappa shape index (κ3) is 3.57. The van der Waals surface area contributed by atoms with E-state index in [9.17, 15) is 0 Å². The first-order chi connectivity index (χ1) is 14.6. The summed E-state index contributed by atoms with van der Waals surface area (Å²) in [7, 11) is 1.72. The van der Waals surface area contributed by atoms with Gasteiger partial charge in [0.05, 0.1) is 28.8 Å². The maximum Gasteiger partial charge on any atom is 0.169 e. The number of nitrogens with two attached hydrogens (primary N) is 1. The molecule has 1 aromatic carbocycles. The van der Waals surface area contributed by atoms with Crippen LogP contribution in [0.5, 0.6) is 0 Å². The van der Waals surface area contributed by atoms with E-state index >= 15 is 0 Å². The molecule has 0 saturated carbocycles. The van der Waals surface area contributed by atoms with Crippen LogP contribution in [0, 0.1) is 5.92 Å². The molecule has 1 unspecified atom stereocenters. The Morgan fingerprint density at radius 1 is 1.27 bits per heavy atom. The first-order valence-electron chi connectivity index (χ1n) is 10.3. The highest BCUT2D eigenvalue weighted by molar-refractivity contribution is 7.98. The summed E-state index contributed by atoms with van der Waals surface area (Å²) < 4.78 is 7.50. The Bertz CT molecular complexity index is 1220. The van der Waals surface area contributed by atoms with E-state index in [0.717, 1.165) is 57.5 Å². The van der Waals surface area contributed by atoms with Crippen LogP contribution in [0.1, 0.15) is 29.6 Å². The third-order valence-electron chi connectivity index (χ3n) is 5.70. The molecule has 3 heterocycles. The molecule has 30 heavy (non-hydrogen) atoms. The fourth-order valence-corrected chi connectivity index (χ4v) is 6.48. The lowest BCUT2D eigenvalue weighted by Gasteiger charge is -2.17. The number of rotatable bonds is 6. The van der Waals surface area contributed by atoms with E-state index in [-0.39, 0.29) is 0 Å². The molecule has 1 atom stereocenters. The third-order valence-corrected chi connectivity index (χ3v) is 7.82. The van der Waals surface area contributed by atoms with Gasteiger partial charge in [-0.2, -0.15) is 0 Å². The van der Waals surface area contributed by atoms with Crippen molar-refractivity contribution in [2.24, 2.45) is 5.92 Å². The molecule has 8 heteroatoms. The smallest absolute Gasteiger partial charge is 0.169 e. The minimum Gasteiger partial charge on any atom is -0.383 e. The molecule has 5 rings (SSSR count). The molecule has 0 spiro atoms. The number of nitrogens with zero attached hydrogens (tertiary/aromatic N) is 4. The van der Waals surface area contributed by atoms with Gasteiger partial charge in [-0.05, 0) is 42.9 Å². The van der Waals surface area contributed by atoms with Gasteiger partial charge in [-0.3, -0.25) is 0 Å². The van der Waals surface area contributed by atoms with Gasteiger partial charge >= 0.3 is 0 Å². The minimum atomic E-state index is 0.621. The minimum absolute atomic E-state index is 0.621. The molecule has 0 saturated heterocycles. The van der Waals surface area contributed by atoms with Gasteiger partial charge in [0.15, 0.2) is 5.16 Å². The molecule has 1 aliphatic carbocycles. The molecule has 6 nitrogen and oxygen atoms in total. The number of fused-ring (bicyclic) bond motifs is 4. The van der Waals surface area contributed by atoms with Crippen molar-refractivity contribution in [2.75, 3.05) is 19.5 Å². The van der Waals surface area contributed by atoms with E-state index in [1.165, 1.54) is 16.9 Å². The van der Waals surface area contributed by atoms with Crippen molar-refractivity contribution in [3.05, 3.63) is 40.5 Å². The monoisotopic (exact) mass is 439 g/mol. The summed E-state index contributed by atoms with van der Waals surface area (Å²) in [5, 5.41) is 2.04. The topological polar surface area (TPSA) is 78.9 Å². The molecule has 0 radical (unpaired) electrons. The summed E-state index contributed by atoms with van der Waals surface area (Å²) >= 11 is 3.44. The molecule has 1 aliphatic rings. The number of anilines is 1. The molecule has 156 valence electrons. The first-order valence-corrected chi connectivity index (χ1v) is 12.1. The Labute approximate surface area is 183 Å². The van der Waals surface area contributed by atoms with Crippen LogP contribution in [-0.4, -0.2) is 33.2 Å². The summed E-state index contributed by atoms with van der Waals surface area (Å²) in [5.41, 5.74) is 9.89. The number of ether oxygens (including phenoxy) is 1. The average Bonchev–Trinajstić information content (AvgIpc) is 3.28. The lowest BCUT2D eigenvalue weighted by atomic mass is 9.89. The van der Waals surface area contributed by atoms with Crippen LogP contribution in [-0.2, 0) is 29.9 Å². The second-order valence-corrected chi connectivity index (χ2v) is 9.90. The van der Waals surface area contributed by atoms with E-state index in [1.807, 2.05) is 18.2 Å². The highest BCUT2D eigenvalue weighted by Gasteiger charge is 2.23. The zero-order valence-electron chi connectivity index (χ0n) is 17.2. The Balaban J connectivity index is 1.44. The molecular formula is C22H25N5OS2. The van der Waals surface area contributed by atoms with E-state index in [2.05, 4.69) is 22.5 Å². The van der Waals surface area contributed by atoms with Crippen LogP contribution < -0.4 is 5.73 Å². The number of hydrogen-bond acceptors (Lipinski definition) is 7. The molecule has 0 amide bonds. The van der Waals surface area contributed by atoms with E-state index in [0.29, 0.717) is 18.2 Å². The first kappa shape index (κ1) is 19.8. The maximum atomic E-state index is 6.39. The van der Waals surface area contributed by atoms with E-state index in [4.69, 9.17) is 20.4 Å². The predicted molar refractivity (Wildman–Crippen MR) is 124 cm³/mol. The number of methoxy groups -OCH3 is 1. The number of thiophene rings is 1. The Hall–Kier alpha value is -2.16. The van der Waals surface area contributed by atoms with E-state index in [1.54, 1.807) is 30.2 Å². The van der Waals surface area contributed by atoms with Crippen LogP contribution in [0.3, 0.4) is 0 Å². The molecule has 0 aliphatic heterocycles. The van der Waals surface area contributed by atoms with Crippen molar-refractivity contribution in [3.8, 4) is 0 Å². The van der Waals surface area contributed by atoms with Crippen molar-refractivity contribution in [2.45, 2.75) is 43.6 Å². The Kier molecular flexibility index (Phi) is 5.39. The quantitative estimate of drug-likeness (QED) is 0.439. The normalized spacial score (nSPS) is 16.4.